The average molecular weight is 955 g/mol. The van der Waals surface area contributed by atoms with Crippen LogP contribution in [0.15, 0.2) is 48.6 Å². The fourth-order valence-corrected chi connectivity index (χ4v) is 7.73. The van der Waals surface area contributed by atoms with E-state index < -0.39 is 99.3 Å². The van der Waals surface area contributed by atoms with Crippen molar-refractivity contribution in [3.63, 3.8) is 0 Å². The molecule has 0 radical (unpaired) electrons. The number of aliphatic hydroxyl groups is 7. The third-order valence-corrected chi connectivity index (χ3v) is 12.0. The first-order valence-corrected chi connectivity index (χ1v) is 25.7. The van der Waals surface area contributed by atoms with Crippen molar-refractivity contribution >= 4 is 11.9 Å². The summed E-state index contributed by atoms with van der Waals surface area (Å²) < 4.78 is 33.5. The number of carbonyl (C=O) groups excluding carboxylic acids is 2. The minimum absolute atomic E-state index is 0.146. The lowest BCUT2D eigenvalue weighted by atomic mass is 9.98. The van der Waals surface area contributed by atoms with Crippen LogP contribution in [0.25, 0.3) is 0 Å². The van der Waals surface area contributed by atoms with E-state index in [0.717, 1.165) is 83.5 Å². The van der Waals surface area contributed by atoms with Crippen molar-refractivity contribution in [2.45, 2.75) is 242 Å². The zero-order valence-corrected chi connectivity index (χ0v) is 40.9. The number of unbranched alkanes of at least 4 members (excludes halogenated alkanes) is 17. The van der Waals surface area contributed by atoms with Crippen molar-refractivity contribution in [1.29, 1.82) is 0 Å². The molecule has 0 aromatic rings. The number of ether oxygens (including phenoxy) is 6. The van der Waals surface area contributed by atoms with Crippen molar-refractivity contribution in [3.05, 3.63) is 48.6 Å². The van der Waals surface area contributed by atoms with Crippen LogP contribution in [0.4, 0.5) is 0 Å². The summed E-state index contributed by atoms with van der Waals surface area (Å²) >= 11 is 0. The van der Waals surface area contributed by atoms with Crippen molar-refractivity contribution in [2.75, 3.05) is 26.4 Å². The summed E-state index contributed by atoms with van der Waals surface area (Å²) in [6.07, 6.45) is 25.6. The molecular formula is C52H90O15. The zero-order chi connectivity index (χ0) is 48.9. The van der Waals surface area contributed by atoms with E-state index >= 15 is 0 Å². The fraction of sp³-hybridized carbons (Fsp3) is 0.808. The van der Waals surface area contributed by atoms with Gasteiger partial charge in [0, 0.05) is 12.8 Å². The fourth-order valence-electron chi connectivity index (χ4n) is 7.73. The van der Waals surface area contributed by atoms with Gasteiger partial charge in [0.25, 0.3) is 0 Å². The number of allylic oxidation sites excluding steroid dienone is 8. The Bertz CT molecular complexity index is 1350. The van der Waals surface area contributed by atoms with Crippen LogP contribution in [0.2, 0.25) is 0 Å². The number of aliphatic hydroxyl groups excluding tert-OH is 7. The molecule has 0 aromatic carbocycles. The van der Waals surface area contributed by atoms with Gasteiger partial charge >= 0.3 is 11.9 Å². The SMILES string of the molecule is CCCC/C=C/C/C=C/CCCCCCCC(=O)O[C@@H](COC(=O)CCCCCCCCC/C=C/C/C=C/CCCCC)CO[C@@H]1O[C@H](CO[C@@H]2O[C@H](CO)[C@H](O)C(O)C2O)[C@H](O)C(O)C1O. The van der Waals surface area contributed by atoms with E-state index in [9.17, 15) is 45.3 Å². The third-order valence-electron chi connectivity index (χ3n) is 12.0. The first-order valence-electron chi connectivity index (χ1n) is 25.7. The van der Waals surface area contributed by atoms with Gasteiger partial charge in [-0.25, -0.2) is 0 Å². The number of esters is 2. The number of hydrogen-bond acceptors (Lipinski definition) is 15. The monoisotopic (exact) mass is 955 g/mol. The highest BCUT2D eigenvalue weighted by atomic mass is 16.7. The van der Waals surface area contributed by atoms with E-state index in [2.05, 4.69) is 62.5 Å². The Labute approximate surface area is 401 Å². The molecule has 2 rings (SSSR count). The van der Waals surface area contributed by atoms with Crippen LogP contribution in [0.5, 0.6) is 0 Å². The summed E-state index contributed by atoms with van der Waals surface area (Å²) in [5.41, 5.74) is 0. The van der Waals surface area contributed by atoms with Gasteiger partial charge in [-0.3, -0.25) is 9.59 Å². The summed E-state index contributed by atoms with van der Waals surface area (Å²) in [6, 6.07) is 0. The van der Waals surface area contributed by atoms with Gasteiger partial charge in [-0.2, -0.15) is 0 Å². The second-order valence-electron chi connectivity index (χ2n) is 18.0. The molecule has 2 fully saturated rings. The van der Waals surface area contributed by atoms with E-state index in [4.69, 9.17) is 28.4 Å². The predicted octanol–water partition coefficient (Wildman–Crippen LogP) is 7.10. The highest BCUT2D eigenvalue weighted by molar-refractivity contribution is 5.70. The lowest BCUT2D eigenvalue weighted by Crippen LogP contribution is -2.61. The van der Waals surface area contributed by atoms with Gasteiger partial charge in [-0.1, -0.05) is 140 Å². The summed E-state index contributed by atoms with van der Waals surface area (Å²) in [7, 11) is 0. The summed E-state index contributed by atoms with van der Waals surface area (Å²) in [4.78, 5) is 25.7. The molecule has 2 saturated heterocycles. The van der Waals surface area contributed by atoms with E-state index in [1.165, 1.54) is 51.4 Å². The van der Waals surface area contributed by atoms with E-state index in [-0.39, 0.29) is 19.4 Å². The molecule has 7 N–H and O–H groups in total. The molecule has 388 valence electrons. The molecule has 15 heteroatoms. The second kappa shape index (κ2) is 39.2. The van der Waals surface area contributed by atoms with Crippen LogP contribution in [0.3, 0.4) is 0 Å². The lowest BCUT2D eigenvalue weighted by Gasteiger charge is -2.42. The molecular weight excluding hydrogens is 865 g/mol. The Kier molecular flexibility index (Phi) is 35.5. The van der Waals surface area contributed by atoms with Crippen LogP contribution in [0.1, 0.15) is 174 Å². The third kappa shape index (κ3) is 27.4. The Balaban J connectivity index is 1.82. The lowest BCUT2D eigenvalue weighted by molar-refractivity contribution is -0.332. The minimum atomic E-state index is -1.77. The van der Waals surface area contributed by atoms with Gasteiger partial charge in [-0.05, 0) is 70.6 Å². The molecule has 2 heterocycles. The second-order valence-corrected chi connectivity index (χ2v) is 18.0. The molecule has 2 aliphatic rings. The first-order chi connectivity index (χ1) is 32.5. The Morgan fingerprint density at radius 3 is 1.43 bits per heavy atom. The predicted molar refractivity (Wildman–Crippen MR) is 257 cm³/mol. The van der Waals surface area contributed by atoms with Gasteiger partial charge < -0.3 is 64.2 Å². The van der Waals surface area contributed by atoms with Crippen molar-refractivity contribution < 1.29 is 73.8 Å². The maximum Gasteiger partial charge on any atom is 0.306 e. The Morgan fingerprint density at radius 2 is 0.910 bits per heavy atom. The standard InChI is InChI=1S/C52H90O15/c1-3-5-7-9-11-13-15-17-19-20-21-23-24-26-28-30-32-34-43(54)62-37-40(65-44(55)35-33-31-29-27-25-22-18-16-14-12-10-8-6-4-2)38-63-51-50(61)48(59)46(57)42(67-51)39-64-52-49(60)47(58)45(56)41(36-53)66-52/h10-13,16-19,40-42,45-53,56-61H,3-9,14-15,20-39H2,1-2H3/b12-10+,13-11+,18-16+,19-17+/t40-,41+,42+,45-,46-,47?,48?,49?,50?,51+,52+/m0/s1. The van der Waals surface area contributed by atoms with Gasteiger partial charge in [-0.15, -0.1) is 0 Å². The topological polar surface area (TPSA) is 231 Å². The maximum absolute atomic E-state index is 13.0. The van der Waals surface area contributed by atoms with E-state index in [1.54, 1.807) is 0 Å². The normalized spacial score (nSPS) is 26.3. The number of hydrogen-bond donors (Lipinski definition) is 7. The van der Waals surface area contributed by atoms with Crippen LogP contribution < -0.4 is 0 Å². The largest absolute Gasteiger partial charge is 0.462 e. The maximum atomic E-state index is 13.0. The highest BCUT2D eigenvalue weighted by Gasteiger charge is 2.47. The highest BCUT2D eigenvalue weighted by Crippen LogP contribution is 2.26. The van der Waals surface area contributed by atoms with E-state index in [1.807, 2.05) is 0 Å². The molecule has 11 atom stereocenters. The zero-order valence-electron chi connectivity index (χ0n) is 40.9. The quantitative estimate of drug-likeness (QED) is 0.0185. The van der Waals surface area contributed by atoms with Crippen molar-refractivity contribution in [1.82, 2.24) is 0 Å². The molecule has 0 amide bonds. The molecule has 0 saturated carbocycles. The average Bonchev–Trinajstić information content (AvgIpc) is 3.32. The van der Waals surface area contributed by atoms with Gasteiger partial charge in [0.05, 0.1) is 19.8 Å². The summed E-state index contributed by atoms with van der Waals surface area (Å²) in [5, 5.41) is 72.1. The molecule has 2 aliphatic heterocycles. The molecule has 67 heavy (non-hydrogen) atoms. The van der Waals surface area contributed by atoms with Gasteiger partial charge in [0.15, 0.2) is 18.7 Å². The molecule has 0 bridgehead atoms. The number of carbonyl (C=O) groups is 2. The van der Waals surface area contributed by atoms with Crippen LogP contribution in [0, 0.1) is 0 Å². The molecule has 15 nitrogen and oxygen atoms in total. The van der Waals surface area contributed by atoms with Crippen LogP contribution >= 0.6 is 0 Å². The van der Waals surface area contributed by atoms with Crippen LogP contribution in [-0.2, 0) is 38.0 Å². The van der Waals surface area contributed by atoms with Crippen molar-refractivity contribution in [2.24, 2.45) is 0 Å². The molecule has 0 aliphatic carbocycles. The van der Waals surface area contributed by atoms with E-state index in [0.29, 0.717) is 12.8 Å². The van der Waals surface area contributed by atoms with Crippen molar-refractivity contribution in [3.8, 4) is 0 Å². The smallest absolute Gasteiger partial charge is 0.306 e. The van der Waals surface area contributed by atoms with Crippen LogP contribution in [-0.4, -0.2) is 142 Å². The number of rotatable bonds is 39. The Morgan fingerprint density at radius 1 is 0.478 bits per heavy atom. The van der Waals surface area contributed by atoms with Gasteiger partial charge in [0.2, 0.25) is 0 Å². The Hall–Kier alpha value is -2.54. The first kappa shape index (κ1) is 60.6. The summed E-state index contributed by atoms with van der Waals surface area (Å²) in [5.74, 6) is -0.952. The summed E-state index contributed by atoms with van der Waals surface area (Å²) in [6.45, 7) is 2.49. The molecule has 0 spiro atoms. The minimum Gasteiger partial charge on any atom is -0.462 e. The molecule has 4 unspecified atom stereocenters. The molecule has 0 aromatic heterocycles. The van der Waals surface area contributed by atoms with Gasteiger partial charge in [0.1, 0.15) is 55.4 Å².